The smallest absolute Gasteiger partial charge is 0.263 e. The van der Waals surface area contributed by atoms with Gasteiger partial charge in [0.1, 0.15) is 0 Å². The number of anilines is 1. The lowest BCUT2D eigenvalue weighted by Crippen LogP contribution is -2.13. The number of nitrogens with zero attached hydrogens (tertiary/aromatic N) is 1. The van der Waals surface area contributed by atoms with E-state index in [9.17, 15) is 17.2 Å². The van der Waals surface area contributed by atoms with Crippen LogP contribution < -0.4 is 4.72 Å². The van der Waals surface area contributed by atoms with Gasteiger partial charge < -0.3 is 4.42 Å². The molecule has 1 aromatic heterocycles. The maximum absolute atomic E-state index is 13.8. The van der Waals surface area contributed by atoms with Gasteiger partial charge in [0, 0.05) is 12.0 Å². The predicted octanol–water partition coefficient (Wildman–Crippen LogP) is 5.01. The molecule has 0 unspecified atom stereocenters. The molecule has 152 valence electrons. The third kappa shape index (κ3) is 4.23. The van der Waals surface area contributed by atoms with Gasteiger partial charge in [-0.15, -0.1) is 0 Å². The first-order chi connectivity index (χ1) is 14.4. The van der Waals surface area contributed by atoms with Crippen molar-refractivity contribution in [1.29, 1.82) is 0 Å². The first-order valence-electron chi connectivity index (χ1n) is 8.99. The van der Waals surface area contributed by atoms with E-state index in [4.69, 9.17) is 4.42 Å². The largest absolute Gasteiger partial charge is 0.438 e. The van der Waals surface area contributed by atoms with E-state index < -0.39 is 21.7 Å². The molecule has 0 bridgehead atoms. The molecule has 0 radical (unpaired) electrons. The molecule has 0 aliphatic rings. The highest BCUT2D eigenvalue weighted by molar-refractivity contribution is 7.92. The Balaban J connectivity index is 1.76. The lowest BCUT2D eigenvalue weighted by molar-refractivity contribution is 0.504. The maximum Gasteiger partial charge on any atom is 0.263 e. The zero-order valence-corrected chi connectivity index (χ0v) is 16.4. The summed E-state index contributed by atoms with van der Waals surface area (Å²) in [6, 6.07) is 20.2. The van der Waals surface area contributed by atoms with Crippen molar-refractivity contribution in [3.8, 4) is 11.3 Å². The molecular formula is C22H16F2N2O3S. The number of halogens is 2. The Hall–Kier alpha value is -3.52. The van der Waals surface area contributed by atoms with E-state index in [1.54, 1.807) is 18.2 Å². The lowest BCUT2D eigenvalue weighted by atomic mass is 10.1. The van der Waals surface area contributed by atoms with Crippen molar-refractivity contribution in [2.45, 2.75) is 11.3 Å². The monoisotopic (exact) mass is 426 g/mol. The molecule has 4 rings (SSSR count). The highest BCUT2D eigenvalue weighted by Gasteiger charge is 2.22. The minimum absolute atomic E-state index is 0.000614. The number of oxazole rings is 1. The van der Waals surface area contributed by atoms with Crippen LogP contribution in [-0.4, -0.2) is 13.4 Å². The summed E-state index contributed by atoms with van der Waals surface area (Å²) < 4.78 is 60.8. The van der Waals surface area contributed by atoms with Crippen molar-refractivity contribution in [3.63, 3.8) is 0 Å². The van der Waals surface area contributed by atoms with Gasteiger partial charge in [-0.2, -0.15) is 4.98 Å². The van der Waals surface area contributed by atoms with Gasteiger partial charge in [0.05, 0.1) is 4.90 Å². The van der Waals surface area contributed by atoms with E-state index in [1.165, 1.54) is 18.2 Å². The van der Waals surface area contributed by atoms with E-state index in [0.717, 1.165) is 17.7 Å². The molecule has 0 spiro atoms. The number of aromatic nitrogens is 1. The zero-order chi connectivity index (χ0) is 21.1. The van der Waals surface area contributed by atoms with Gasteiger partial charge in [0.2, 0.25) is 5.89 Å². The first kappa shape index (κ1) is 19.8. The van der Waals surface area contributed by atoms with Crippen LogP contribution >= 0.6 is 0 Å². The van der Waals surface area contributed by atoms with Crippen molar-refractivity contribution in [2.75, 3.05) is 4.72 Å². The van der Waals surface area contributed by atoms with Gasteiger partial charge in [-0.3, -0.25) is 4.72 Å². The van der Waals surface area contributed by atoms with Crippen LogP contribution in [0.25, 0.3) is 11.3 Å². The summed E-state index contributed by atoms with van der Waals surface area (Å²) in [4.78, 5) is 4.31. The van der Waals surface area contributed by atoms with Crippen LogP contribution in [0.4, 0.5) is 14.6 Å². The van der Waals surface area contributed by atoms with Crippen molar-refractivity contribution < 1.29 is 21.6 Å². The quantitative estimate of drug-likeness (QED) is 0.470. The predicted molar refractivity (Wildman–Crippen MR) is 108 cm³/mol. The molecule has 8 heteroatoms. The van der Waals surface area contributed by atoms with Crippen molar-refractivity contribution in [3.05, 3.63) is 102 Å². The van der Waals surface area contributed by atoms with Crippen LogP contribution in [0.2, 0.25) is 0 Å². The van der Waals surface area contributed by atoms with Crippen molar-refractivity contribution >= 4 is 15.8 Å². The summed E-state index contributed by atoms with van der Waals surface area (Å²) >= 11 is 0. The molecule has 0 saturated carbocycles. The number of sulfonamides is 1. The van der Waals surface area contributed by atoms with Crippen LogP contribution in [0, 0.1) is 11.6 Å². The van der Waals surface area contributed by atoms with Gasteiger partial charge in [0.25, 0.3) is 10.0 Å². The summed E-state index contributed by atoms with van der Waals surface area (Å²) in [5.41, 5.74) is 1.06. The molecule has 0 amide bonds. The Morgan fingerprint density at radius 3 is 2.20 bits per heavy atom. The summed E-state index contributed by atoms with van der Waals surface area (Å²) in [6.45, 7) is 0. The summed E-state index contributed by atoms with van der Waals surface area (Å²) in [5.74, 6) is -1.97. The molecule has 1 heterocycles. The van der Waals surface area contributed by atoms with Crippen molar-refractivity contribution in [1.82, 2.24) is 4.98 Å². The van der Waals surface area contributed by atoms with Crippen LogP contribution in [0.1, 0.15) is 11.5 Å². The fourth-order valence-corrected chi connectivity index (χ4v) is 3.92. The second-order valence-corrected chi connectivity index (χ2v) is 8.18. The Morgan fingerprint density at radius 2 is 1.53 bits per heavy atom. The fourth-order valence-electron chi connectivity index (χ4n) is 2.90. The molecular weight excluding hydrogens is 410 g/mol. The number of nitrogens with one attached hydrogen (secondary N) is 1. The summed E-state index contributed by atoms with van der Waals surface area (Å²) in [6.07, 6.45) is 0.296. The molecule has 0 saturated heterocycles. The second kappa shape index (κ2) is 8.08. The van der Waals surface area contributed by atoms with E-state index >= 15 is 0 Å². The SMILES string of the molecule is O=S(=O)(Nc1nc(Cc2ccccc2)oc1-c1ccc(F)c(F)c1)c1ccccc1. The van der Waals surface area contributed by atoms with Crippen LogP contribution in [-0.2, 0) is 16.4 Å². The number of benzene rings is 3. The minimum Gasteiger partial charge on any atom is -0.438 e. The summed E-state index contributed by atoms with van der Waals surface area (Å²) in [7, 11) is -3.96. The number of rotatable bonds is 6. The molecule has 0 atom stereocenters. The van der Waals surface area contributed by atoms with E-state index in [-0.39, 0.29) is 27.9 Å². The zero-order valence-electron chi connectivity index (χ0n) is 15.5. The molecule has 5 nitrogen and oxygen atoms in total. The van der Waals surface area contributed by atoms with Gasteiger partial charge in [-0.25, -0.2) is 17.2 Å². The Kier molecular flexibility index (Phi) is 5.33. The van der Waals surface area contributed by atoms with Gasteiger partial charge >= 0.3 is 0 Å². The van der Waals surface area contributed by atoms with E-state index in [0.29, 0.717) is 6.42 Å². The Labute approximate surface area is 172 Å². The Morgan fingerprint density at radius 1 is 0.867 bits per heavy atom. The second-order valence-electron chi connectivity index (χ2n) is 6.50. The van der Waals surface area contributed by atoms with Gasteiger partial charge in [-0.05, 0) is 35.9 Å². The summed E-state index contributed by atoms with van der Waals surface area (Å²) in [5, 5.41) is 0. The average molecular weight is 426 g/mol. The van der Waals surface area contributed by atoms with Gasteiger partial charge in [0.15, 0.2) is 23.2 Å². The maximum atomic E-state index is 13.8. The normalized spacial score (nSPS) is 11.4. The standard InChI is InChI=1S/C22H16F2N2O3S/c23-18-12-11-16(14-19(18)24)21-22(26-30(27,28)17-9-5-2-6-10-17)25-20(29-21)13-15-7-3-1-4-8-15/h1-12,14,26H,13H2. The highest BCUT2D eigenvalue weighted by atomic mass is 32.2. The van der Waals surface area contributed by atoms with E-state index in [2.05, 4.69) is 9.71 Å². The molecule has 0 aliphatic heterocycles. The molecule has 30 heavy (non-hydrogen) atoms. The van der Waals surface area contributed by atoms with E-state index in [1.807, 2.05) is 30.3 Å². The van der Waals surface area contributed by atoms with Crippen LogP contribution in [0.3, 0.4) is 0 Å². The third-order valence-corrected chi connectivity index (χ3v) is 5.69. The fraction of sp³-hybridized carbons (Fsp3) is 0.0455. The van der Waals surface area contributed by atoms with Crippen molar-refractivity contribution in [2.24, 2.45) is 0 Å². The first-order valence-corrected chi connectivity index (χ1v) is 10.5. The molecule has 4 aromatic rings. The topological polar surface area (TPSA) is 72.2 Å². The molecule has 0 aliphatic carbocycles. The third-order valence-electron chi connectivity index (χ3n) is 4.34. The number of hydrogen-bond donors (Lipinski definition) is 1. The lowest BCUT2D eigenvalue weighted by Gasteiger charge is -2.07. The minimum atomic E-state index is -3.96. The number of hydrogen-bond acceptors (Lipinski definition) is 4. The highest BCUT2D eigenvalue weighted by Crippen LogP contribution is 2.32. The van der Waals surface area contributed by atoms with Crippen LogP contribution in [0.5, 0.6) is 0 Å². The molecule has 3 aromatic carbocycles. The molecule has 1 N–H and O–H groups in total. The van der Waals surface area contributed by atoms with Crippen LogP contribution in [0.15, 0.2) is 88.2 Å². The average Bonchev–Trinajstić information content (AvgIpc) is 3.13. The van der Waals surface area contributed by atoms with Gasteiger partial charge in [-0.1, -0.05) is 48.5 Å². The Bertz CT molecular complexity index is 1270. The molecule has 0 fully saturated rings.